The van der Waals surface area contributed by atoms with Crippen LogP contribution in [0.1, 0.15) is 37.0 Å². The number of hydrogen-bond acceptors (Lipinski definition) is 4. The zero-order valence-corrected chi connectivity index (χ0v) is 15.4. The maximum atomic E-state index is 12.0. The van der Waals surface area contributed by atoms with Gasteiger partial charge in [0.2, 0.25) is 0 Å². The van der Waals surface area contributed by atoms with Crippen molar-refractivity contribution in [2.45, 2.75) is 26.7 Å². The minimum atomic E-state index is -0.206. The van der Waals surface area contributed by atoms with Crippen LogP contribution in [0.25, 0.3) is 0 Å². The van der Waals surface area contributed by atoms with Gasteiger partial charge < -0.3 is 20.5 Å². The number of amides is 1. The maximum Gasteiger partial charge on any atom is 0.251 e. The van der Waals surface area contributed by atoms with E-state index in [0.717, 1.165) is 12.8 Å². The molecule has 1 aromatic carbocycles. The van der Waals surface area contributed by atoms with Gasteiger partial charge in [-0.2, -0.15) is 0 Å². The first kappa shape index (κ1) is 21.8. The summed E-state index contributed by atoms with van der Waals surface area (Å²) in [6, 6.07) is 3.22. The van der Waals surface area contributed by atoms with Crippen molar-refractivity contribution in [3.8, 4) is 11.5 Å². The Morgan fingerprint density at radius 3 is 2.65 bits per heavy atom. The molecule has 0 aromatic heterocycles. The molecule has 3 N–H and O–H groups in total. The molecular formula is C16H26Cl2N2O3. The lowest BCUT2D eigenvalue weighted by molar-refractivity contribution is 0.0953. The summed E-state index contributed by atoms with van der Waals surface area (Å²) in [5.41, 5.74) is 5.84. The zero-order chi connectivity index (χ0) is 16.5. The number of carbonyl (C=O) groups excluding carboxylic acids is 1. The highest BCUT2D eigenvalue weighted by atomic mass is 35.5. The van der Waals surface area contributed by atoms with Crippen molar-refractivity contribution in [3.63, 3.8) is 0 Å². The average molecular weight is 365 g/mol. The Kier molecular flexibility index (Phi) is 10.8. The number of benzene rings is 1. The van der Waals surface area contributed by atoms with Crippen LogP contribution in [0.4, 0.5) is 0 Å². The van der Waals surface area contributed by atoms with Crippen molar-refractivity contribution >= 4 is 29.9 Å². The largest absolute Gasteiger partial charge is 0.493 e. The minimum Gasteiger partial charge on any atom is -0.493 e. The molecule has 0 aliphatic carbocycles. The van der Waals surface area contributed by atoms with Gasteiger partial charge in [-0.3, -0.25) is 4.79 Å². The molecule has 0 unspecified atom stereocenters. The van der Waals surface area contributed by atoms with Crippen LogP contribution in [0.5, 0.6) is 11.5 Å². The second kappa shape index (κ2) is 11.4. The van der Waals surface area contributed by atoms with Crippen LogP contribution in [0, 0.1) is 5.92 Å². The molecule has 1 rings (SSSR count). The fourth-order valence-corrected chi connectivity index (χ4v) is 2.06. The molecule has 1 amide bonds. The van der Waals surface area contributed by atoms with E-state index in [9.17, 15) is 4.79 Å². The predicted molar refractivity (Wildman–Crippen MR) is 96.2 cm³/mol. The van der Waals surface area contributed by atoms with Crippen molar-refractivity contribution in [1.82, 2.24) is 5.32 Å². The number of hydrogen-bond donors (Lipinski definition) is 2. The van der Waals surface area contributed by atoms with E-state index < -0.39 is 0 Å². The molecule has 0 heterocycles. The molecule has 0 atom stereocenters. The maximum absolute atomic E-state index is 12.0. The summed E-state index contributed by atoms with van der Waals surface area (Å²) < 4.78 is 11.0. The Labute approximate surface area is 149 Å². The number of nitrogens with two attached hydrogens (primary N) is 1. The summed E-state index contributed by atoms with van der Waals surface area (Å²) in [7, 11) is 1.52. The lowest BCUT2D eigenvalue weighted by atomic mass is 10.1. The number of halogens is 2. The first-order chi connectivity index (χ1) is 10.5. The summed E-state index contributed by atoms with van der Waals surface area (Å²) >= 11 is 6.23. The highest BCUT2D eigenvalue weighted by Gasteiger charge is 2.15. The van der Waals surface area contributed by atoms with Crippen LogP contribution >= 0.6 is 24.0 Å². The second-order valence-corrected chi connectivity index (χ2v) is 5.83. The van der Waals surface area contributed by atoms with Crippen molar-refractivity contribution in [1.29, 1.82) is 0 Å². The molecule has 0 saturated carbocycles. The Morgan fingerprint density at radius 2 is 2.09 bits per heavy atom. The monoisotopic (exact) mass is 364 g/mol. The van der Waals surface area contributed by atoms with Gasteiger partial charge in [0.15, 0.2) is 11.5 Å². The lowest BCUT2D eigenvalue weighted by Crippen LogP contribution is -2.26. The normalized spacial score (nSPS) is 10.2. The van der Waals surface area contributed by atoms with Crippen LogP contribution in [-0.4, -0.2) is 32.7 Å². The van der Waals surface area contributed by atoms with Gasteiger partial charge in [0.1, 0.15) is 0 Å². The third-order valence-corrected chi connectivity index (χ3v) is 3.38. The molecule has 0 aliphatic heterocycles. The van der Waals surface area contributed by atoms with Gasteiger partial charge in [0.25, 0.3) is 5.91 Å². The molecule has 132 valence electrons. The Balaban J connectivity index is 0.00000484. The quantitative estimate of drug-likeness (QED) is 0.659. The van der Waals surface area contributed by atoms with Gasteiger partial charge in [0.05, 0.1) is 18.7 Å². The molecular weight excluding hydrogens is 339 g/mol. The first-order valence-electron chi connectivity index (χ1n) is 7.48. The SMILES string of the molecule is COc1cc(C(=O)NCCCN)cc(Cl)c1OCCC(C)C.Cl. The van der Waals surface area contributed by atoms with E-state index >= 15 is 0 Å². The fourth-order valence-electron chi connectivity index (χ4n) is 1.79. The van der Waals surface area contributed by atoms with E-state index in [2.05, 4.69) is 19.2 Å². The summed E-state index contributed by atoms with van der Waals surface area (Å²) in [5, 5.41) is 3.15. The summed E-state index contributed by atoms with van der Waals surface area (Å²) in [5.74, 6) is 1.27. The Bertz CT molecular complexity index is 496. The Hall–Kier alpha value is -1.17. The molecule has 0 spiro atoms. The number of nitrogens with one attached hydrogen (secondary N) is 1. The van der Waals surface area contributed by atoms with E-state index in [4.69, 9.17) is 26.8 Å². The van der Waals surface area contributed by atoms with Crippen molar-refractivity contribution < 1.29 is 14.3 Å². The van der Waals surface area contributed by atoms with Gasteiger partial charge in [-0.05, 0) is 37.4 Å². The fraction of sp³-hybridized carbons (Fsp3) is 0.562. The van der Waals surface area contributed by atoms with Gasteiger partial charge in [-0.15, -0.1) is 12.4 Å². The van der Waals surface area contributed by atoms with Crippen molar-refractivity contribution in [2.75, 3.05) is 26.8 Å². The molecule has 1 aromatic rings. The summed E-state index contributed by atoms with van der Waals surface area (Å²) in [6.07, 6.45) is 1.65. The van der Waals surface area contributed by atoms with Gasteiger partial charge in [0, 0.05) is 12.1 Å². The second-order valence-electron chi connectivity index (χ2n) is 5.42. The molecule has 0 bridgehead atoms. The molecule has 0 saturated heterocycles. The smallest absolute Gasteiger partial charge is 0.251 e. The lowest BCUT2D eigenvalue weighted by Gasteiger charge is -2.15. The zero-order valence-electron chi connectivity index (χ0n) is 13.9. The van der Waals surface area contributed by atoms with E-state index in [1.807, 2.05) is 0 Å². The van der Waals surface area contributed by atoms with Gasteiger partial charge in [-0.25, -0.2) is 0 Å². The van der Waals surface area contributed by atoms with E-state index in [0.29, 0.717) is 47.7 Å². The van der Waals surface area contributed by atoms with E-state index in [1.54, 1.807) is 12.1 Å². The summed E-state index contributed by atoms with van der Waals surface area (Å²) in [6.45, 7) is 5.86. The number of carbonyl (C=O) groups is 1. The van der Waals surface area contributed by atoms with Gasteiger partial charge >= 0.3 is 0 Å². The average Bonchev–Trinajstić information content (AvgIpc) is 2.48. The predicted octanol–water partition coefficient (Wildman–Crippen LogP) is 3.27. The van der Waals surface area contributed by atoms with E-state index in [1.165, 1.54) is 7.11 Å². The molecule has 23 heavy (non-hydrogen) atoms. The van der Waals surface area contributed by atoms with Crippen molar-refractivity contribution in [3.05, 3.63) is 22.7 Å². The molecule has 0 fully saturated rings. The topological polar surface area (TPSA) is 73.6 Å². The molecule has 7 heteroatoms. The standard InChI is InChI=1S/C16H25ClN2O3.ClH/c1-11(2)5-8-22-15-13(17)9-12(10-14(15)21-3)16(20)19-7-4-6-18;/h9-11H,4-8,18H2,1-3H3,(H,19,20);1H. The summed E-state index contributed by atoms with van der Waals surface area (Å²) in [4.78, 5) is 12.0. The number of rotatable bonds is 9. The third-order valence-electron chi connectivity index (χ3n) is 3.10. The van der Waals surface area contributed by atoms with Crippen LogP contribution in [0.3, 0.4) is 0 Å². The minimum absolute atomic E-state index is 0. The van der Waals surface area contributed by atoms with E-state index in [-0.39, 0.29) is 18.3 Å². The number of methoxy groups -OCH3 is 1. The number of ether oxygens (including phenoxy) is 2. The Morgan fingerprint density at radius 1 is 1.39 bits per heavy atom. The molecule has 5 nitrogen and oxygen atoms in total. The first-order valence-corrected chi connectivity index (χ1v) is 7.86. The highest BCUT2D eigenvalue weighted by Crippen LogP contribution is 2.36. The molecule has 0 radical (unpaired) electrons. The molecule has 0 aliphatic rings. The third kappa shape index (κ3) is 7.29. The van der Waals surface area contributed by atoms with Crippen LogP contribution < -0.4 is 20.5 Å². The van der Waals surface area contributed by atoms with Crippen LogP contribution in [0.2, 0.25) is 5.02 Å². The van der Waals surface area contributed by atoms with Gasteiger partial charge in [-0.1, -0.05) is 25.4 Å². The highest BCUT2D eigenvalue weighted by molar-refractivity contribution is 6.32. The van der Waals surface area contributed by atoms with Crippen LogP contribution in [0.15, 0.2) is 12.1 Å². The van der Waals surface area contributed by atoms with Crippen molar-refractivity contribution in [2.24, 2.45) is 11.7 Å². The van der Waals surface area contributed by atoms with Crippen LogP contribution in [-0.2, 0) is 0 Å².